The normalized spacial score (nSPS) is 10.9. The van der Waals surface area contributed by atoms with E-state index in [-0.39, 0.29) is 18.1 Å². The van der Waals surface area contributed by atoms with Gasteiger partial charge in [-0.2, -0.15) is 5.26 Å². The molecule has 0 saturated heterocycles. The minimum atomic E-state index is -0.530. The molecule has 3 aromatic carbocycles. The molecule has 178 valence electrons. The van der Waals surface area contributed by atoms with Crippen LogP contribution >= 0.6 is 15.9 Å². The number of amides is 2. The second kappa shape index (κ2) is 11.5. The van der Waals surface area contributed by atoms with Crippen LogP contribution in [0.1, 0.15) is 27.8 Å². The first kappa shape index (κ1) is 25.7. The first-order chi connectivity index (χ1) is 16.7. The Bertz CT molecular complexity index is 1360. The van der Waals surface area contributed by atoms with Crippen molar-refractivity contribution < 1.29 is 14.3 Å². The lowest BCUT2D eigenvalue weighted by atomic mass is 10.1. The molecule has 7 heteroatoms. The van der Waals surface area contributed by atoms with E-state index in [1.807, 2.05) is 64.1 Å². The fraction of sp³-hybridized carbons (Fsp3) is 0.179. The smallest absolute Gasteiger partial charge is 0.266 e. The highest BCUT2D eigenvalue weighted by Crippen LogP contribution is 2.26. The van der Waals surface area contributed by atoms with Gasteiger partial charge in [0.25, 0.3) is 11.8 Å². The Kier molecular flexibility index (Phi) is 8.45. The Morgan fingerprint density at radius 3 is 2.34 bits per heavy atom. The van der Waals surface area contributed by atoms with Crippen LogP contribution in [0.3, 0.4) is 0 Å². The van der Waals surface area contributed by atoms with Gasteiger partial charge in [0.05, 0.1) is 0 Å². The molecule has 0 aromatic heterocycles. The molecule has 0 saturated carbocycles. The van der Waals surface area contributed by atoms with E-state index in [1.54, 1.807) is 24.3 Å². The minimum Gasteiger partial charge on any atom is -0.483 e. The molecule has 0 atom stereocenters. The summed E-state index contributed by atoms with van der Waals surface area (Å²) in [5.41, 5.74) is 5.73. The zero-order valence-electron chi connectivity index (χ0n) is 20.0. The highest BCUT2D eigenvalue weighted by Gasteiger charge is 2.14. The number of carbonyl (C=O) groups is 2. The van der Waals surface area contributed by atoms with Crippen molar-refractivity contribution >= 4 is 45.2 Å². The molecule has 0 spiro atoms. The maximum Gasteiger partial charge on any atom is 0.266 e. The number of nitrogens with zero attached hydrogens (tertiary/aromatic N) is 1. The van der Waals surface area contributed by atoms with Crippen LogP contribution in [0.5, 0.6) is 5.75 Å². The highest BCUT2D eigenvalue weighted by molar-refractivity contribution is 9.10. The fourth-order valence-corrected chi connectivity index (χ4v) is 3.79. The van der Waals surface area contributed by atoms with Crippen LogP contribution < -0.4 is 15.4 Å². The van der Waals surface area contributed by atoms with E-state index in [0.717, 1.165) is 32.4 Å². The summed E-state index contributed by atoms with van der Waals surface area (Å²) < 4.78 is 6.49. The summed E-state index contributed by atoms with van der Waals surface area (Å²) in [6.07, 6.45) is 1.45. The number of carbonyl (C=O) groups excluding carboxylic acids is 2. The van der Waals surface area contributed by atoms with Crippen LogP contribution in [0.2, 0.25) is 0 Å². The second-order valence-electron chi connectivity index (χ2n) is 8.28. The lowest BCUT2D eigenvalue weighted by Crippen LogP contribution is -2.21. The van der Waals surface area contributed by atoms with Gasteiger partial charge in [0, 0.05) is 21.4 Å². The molecule has 0 unspecified atom stereocenters. The van der Waals surface area contributed by atoms with Gasteiger partial charge in [-0.1, -0.05) is 45.8 Å². The van der Waals surface area contributed by atoms with E-state index in [0.29, 0.717) is 17.0 Å². The monoisotopic (exact) mass is 531 g/mol. The average Bonchev–Trinajstić information content (AvgIpc) is 2.81. The topological polar surface area (TPSA) is 91.2 Å². The third-order valence-corrected chi connectivity index (χ3v) is 5.79. The average molecular weight is 532 g/mol. The van der Waals surface area contributed by atoms with E-state index in [1.165, 1.54) is 6.08 Å². The molecular weight excluding hydrogens is 506 g/mol. The largest absolute Gasteiger partial charge is 0.483 e. The van der Waals surface area contributed by atoms with E-state index in [9.17, 15) is 14.9 Å². The van der Waals surface area contributed by atoms with Gasteiger partial charge >= 0.3 is 0 Å². The molecule has 0 bridgehead atoms. The molecule has 0 aliphatic heterocycles. The van der Waals surface area contributed by atoms with Gasteiger partial charge in [0.15, 0.2) is 6.61 Å². The number of hydrogen-bond donors (Lipinski definition) is 2. The molecule has 0 radical (unpaired) electrons. The maximum absolute atomic E-state index is 12.8. The van der Waals surface area contributed by atoms with E-state index in [2.05, 4.69) is 26.6 Å². The summed E-state index contributed by atoms with van der Waals surface area (Å²) in [7, 11) is 0. The third-order valence-electron chi connectivity index (χ3n) is 5.29. The number of nitrogens with one attached hydrogen (secondary N) is 2. The molecule has 35 heavy (non-hydrogen) atoms. The van der Waals surface area contributed by atoms with Gasteiger partial charge in [-0.25, -0.2) is 0 Å². The summed E-state index contributed by atoms with van der Waals surface area (Å²) in [4.78, 5) is 25.3. The predicted molar refractivity (Wildman–Crippen MR) is 142 cm³/mol. The van der Waals surface area contributed by atoms with Crippen LogP contribution in [0.4, 0.5) is 11.4 Å². The van der Waals surface area contributed by atoms with Crippen LogP contribution in [-0.4, -0.2) is 18.4 Å². The predicted octanol–water partition coefficient (Wildman–Crippen LogP) is 6.25. The molecule has 3 aromatic rings. The van der Waals surface area contributed by atoms with Gasteiger partial charge in [0.2, 0.25) is 0 Å². The van der Waals surface area contributed by atoms with Crippen molar-refractivity contribution in [2.45, 2.75) is 27.7 Å². The summed E-state index contributed by atoms with van der Waals surface area (Å²) in [6, 6.07) is 18.6. The van der Waals surface area contributed by atoms with Gasteiger partial charge in [-0.05, 0) is 80.8 Å². The van der Waals surface area contributed by atoms with E-state index in [4.69, 9.17) is 4.74 Å². The van der Waals surface area contributed by atoms with Crippen molar-refractivity contribution in [2.24, 2.45) is 0 Å². The molecular formula is C28H26BrN3O3. The number of nitriles is 1. The summed E-state index contributed by atoms with van der Waals surface area (Å²) in [5, 5.41) is 15.3. The van der Waals surface area contributed by atoms with Gasteiger partial charge < -0.3 is 15.4 Å². The fourth-order valence-electron chi connectivity index (χ4n) is 3.41. The molecule has 2 N–H and O–H groups in total. The van der Waals surface area contributed by atoms with E-state index >= 15 is 0 Å². The Morgan fingerprint density at radius 1 is 0.914 bits per heavy atom. The zero-order valence-corrected chi connectivity index (χ0v) is 21.6. The number of rotatable bonds is 7. The van der Waals surface area contributed by atoms with Gasteiger partial charge in [0.1, 0.15) is 17.4 Å². The van der Waals surface area contributed by atoms with Crippen molar-refractivity contribution in [1.29, 1.82) is 5.26 Å². The van der Waals surface area contributed by atoms with Crippen molar-refractivity contribution in [3.63, 3.8) is 0 Å². The summed E-state index contributed by atoms with van der Waals surface area (Å²) in [5.74, 6) is -0.473. The molecule has 0 aliphatic rings. The quantitative estimate of drug-likeness (QED) is 0.278. The molecule has 0 aliphatic carbocycles. The zero-order chi connectivity index (χ0) is 25.5. The highest BCUT2D eigenvalue weighted by atomic mass is 79.9. The molecule has 0 heterocycles. The first-order valence-corrected chi connectivity index (χ1v) is 11.8. The Balaban J connectivity index is 1.77. The van der Waals surface area contributed by atoms with Crippen LogP contribution in [0, 0.1) is 39.0 Å². The second-order valence-corrected chi connectivity index (χ2v) is 9.20. The third kappa shape index (κ3) is 7.05. The number of benzene rings is 3. The number of anilines is 2. The lowest BCUT2D eigenvalue weighted by molar-refractivity contribution is -0.118. The minimum absolute atomic E-state index is 0.0900. The standard InChI is InChI=1S/C28H26BrN3O3/c1-17-6-9-24(20(4)11-17)32-28(34)22(15-30)13-21-14-23(29)8-10-26(21)35-16-27(33)31-25-12-18(2)5-7-19(25)3/h5-14H,16H2,1-4H3,(H,31,33)(H,32,34)/b22-13+. The number of halogens is 1. The Morgan fingerprint density at radius 2 is 1.63 bits per heavy atom. The van der Waals surface area contributed by atoms with Gasteiger partial charge in [-0.3, -0.25) is 9.59 Å². The van der Waals surface area contributed by atoms with Crippen LogP contribution in [0.25, 0.3) is 6.08 Å². The van der Waals surface area contributed by atoms with Crippen molar-refractivity contribution in [3.8, 4) is 11.8 Å². The van der Waals surface area contributed by atoms with Crippen molar-refractivity contribution in [2.75, 3.05) is 17.2 Å². The van der Waals surface area contributed by atoms with E-state index < -0.39 is 5.91 Å². The van der Waals surface area contributed by atoms with Crippen molar-refractivity contribution in [3.05, 3.63) is 92.5 Å². The number of hydrogen-bond acceptors (Lipinski definition) is 4. The number of ether oxygens (including phenoxy) is 1. The van der Waals surface area contributed by atoms with Crippen LogP contribution in [0.15, 0.2) is 64.6 Å². The first-order valence-electron chi connectivity index (χ1n) is 11.0. The SMILES string of the molecule is Cc1ccc(NC(=O)/C(C#N)=C/c2cc(Br)ccc2OCC(=O)Nc2cc(C)ccc2C)c(C)c1. The lowest BCUT2D eigenvalue weighted by Gasteiger charge is -2.12. The Labute approximate surface area is 213 Å². The Hall–Kier alpha value is -3.89. The van der Waals surface area contributed by atoms with Crippen LogP contribution in [-0.2, 0) is 9.59 Å². The summed E-state index contributed by atoms with van der Waals surface area (Å²) >= 11 is 3.41. The van der Waals surface area contributed by atoms with Gasteiger partial charge in [-0.15, -0.1) is 0 Å². The molecule has 2 amide bonds. The van der Waals surface area contributed by atoms with Crippen molar-refractivity contribution in [1.82, 2.24) is 0 Å². The molecule has 0 fully saturated rings. The molecule has 6 nitrogen and oxygen atoms in total. The maximum atomic E-state index is 12.8. The number of aryl methyl sites for hydroxylation is 4. The molecule has 3 rings (SSSR count). The summed E-state index contributed by atoms with van der Waals surface area (Å²) in [6.45, 7) is 7.50.